The second-order valence-corrected chi connectivity index (χ2v) is 10.2. The SMILES string of the molecule is CC(CN(C)C)OCc1cc2c(s1)-c1ccc(Br)cc1Sc1ccccc1-2. The highest BCUT2D eigenvalue weighted by molar-refractivity contribution is 9.10. The highest BCUT2D eigenvalue weighted by Gasteiger charge is 2.22. The first-order chi connectivity index (χ1) is 13.0. The average molecular weight is 460 g/mol. The van der Waals surface area contributed by atoms with Crippen molar-refractivity contribution in [2.24, 2.45) is 0 Å². The van der Waals surface area contributed by atoms with E-state index in [0.29, 0.717) is 6.61 Å². The van der Waals surface area contributed by atoms with E-state index in [1.807, 2.05) is 23.1 Å². The Hall–Kier alpha value is -1.11. The molecule has 0 saturated carbocycles. The Balaban J connectivity index is 1.73. The number of rotatable bonds is 5. The summed E-state index contributed by atoms with van der Waals surface area (Å²) in [6, 6.07) is 17.6. The van der Waals surface area contributed by atoms with Crippen LogP contribution in [0.5, 0.6) is 0 Å². The predicted molar refractivity (Wildman–Crippen MR) is 120 cm³/mol. The molecule has 0 N–H and O–H groups in total. The molecule has 0 aliphatic carbocycles. The summed E-state index contributed by atoms with van der Waals surface area (Å²) in [5.74, 6) is 0. The Labute approximate surface area is 177 Å². The van der Waals surface area contributed by atoms with Gasteiger partial charge in [0, 0.05) is 41.7 Å². The summed E-state index contributed by atoms with van der Waals surface area (Å²) in [5.41, 5.74) is 3.95. The maximum atomic E-state index is 6.10. The minimum atomic E-state index is 0.216. The quantitative estimate of drug-likeness (QED) is 0.326. The van der Waals surface area contributed by atoms with E-state index in [2.05, 4.69) is 90.4 Å². The first-order valence-electron chi connectivity index (χ1n) is 8.97. The van der Waals surface area contributed by atoms with Crippen LogP contribution < -0.4 is 0 Å². The van der Waals surface area contributed by atoms with E-state index in [-0.39, 0.29) is 6.10 Å². The van der Waals surface area contributed by atoms with Crippen molar-refractivity contribution in [3.63, 3.8) is 0 Å². The first-order valence-corrected chi connectivity index (χ1v) is 11.4. The lowest BCUT2D eigenvalue weighted by molar-refractivity contribution is 0.0379. The van der Waals surface area contributed by atoms with Gasteiger partial charge in [-0.25, -0.2) is 0 Å². The number of benzene rings is 2. The molecule has 5 heteroatoms. The topological polar surface area (TPSA) is 12.5 Å². The van der Waals surface area contributed by atoms with Crippen molar-refractivity contribution in [2.75, 3.05) is 20.6 Å². The van der Waals surface area contributed by atoms with Crippen molar-refractivity contribution in [3.8, 4) is 21.6 Å². The normalized spacial score (nSPS) is 13.7. The fraction of sp³-hybridized carbons (Fsp3) is 0.273. The smallest absolute Gasteiger partial charge is 0.0814 e. The molecule has 0 saturated heterocycles. The number of fused-ring (bicyclic) bond motifs is 5. The van der Waals surface area contributed by atoms with E-state index in [0.717, 1.165) is 11.0 Å². The first kappa shape index (κ1) is 19.2. The number of hydrogen-bond donors (Lipinski definition) is 0. The van der Waals surface area contributed by atoms with E-state index < -0.39 is 0 Å². The summed E-state index contributed by atoms with van der Waals surface area (Å²) in [6.07, 6.45) is 0.216. The molecule has 2 heterocycles. The molecule has 2 aromatic carbocycles. The molecule has 1 aliphatic rings. The zero-order valence-corrected chi connectivity index (χ0v) is 18.9. The van der Waals surface area contributed by atoms with Crippen LogP contribution in [0.25, 0.3) is 21.6 Å². The molecule has 27 heavy (non-hydrogen) atoms. The van der Waals surface area contributed by atoms with Crippen LogP contribution in [0.15, 0.2) is 62.8 Å². The molecule has 2 nitrogen and oxygen atoms in total. The second kappa shape index (κ2) is 8.10. The van der Waals surface area contributed by atoms with Crippen LogP contribution in [0.2, 0.25) is 0 Å². The van der Waals surface area contributed by atoms with Gasteiger partial charge in [0.1, 0.15) is 0 Å². The number of likely N-dealkylation sites (N-methyl/N-ethyl adjacent to an activating group) is 1. The molecule has 0 amide bonds. The Kier molecular flexibility index (Phi) is 5.76. The van der Waals surface area contributed by atoms with E-state index >= 15 is 0 Å². The van der Waals surface area contributed by atoms with Gasteiger partial charge in [0.2, 0.25) is 0 Å². The fourth-order valence-corrected chi connectivity index (χ4v) is 6.22. The molecular formula is C22H22BrNOS2. The second-order valence-electron chi connectivity index (χ2n) is 7.08. The molecule has 3 aromatic rings. The lowest BCUT2D eigenvalue weighted by atomic mass is 10.0. The van der Waals surface area contributed by atoms with E-state index in [1.54, 1.807) is 0 Å². The van der Waals surface area contributed by atoms with Crippen LogP contribution in [-0.2, 0) is 11.3 Å². The van der Waals surface area contributed by atoms with Crippen molar-refractivity contribution in [2.45, 2.75) is 29.4 Å². The summed E-state index contributed by atoms with van der Waals surface area (Å²) in [7, 11) is 4.16. The molecule has 0 radical (unpaired) electrons. The molecule has 0 bridgehead atoms. The zero-order valence-electron chi connectivity index (χ0n) is 15.7. The van der Waals surface area contributed by atoms with E-state index in [9.17, 15) is 0 Å². The van der Waals surface area contributed by atoms with Crippen LogP contribution in [0, 0.1) is 0 Å². The third-order valence-electron chi connectivity index (χ3n) is 4.50. The number of halogens is 1. The van der Waals surface area contributed by atoms with Crippen LogP contribution in [0.3, 0.4) is 0 Å². The maximum absolute atomic E-state index is 6.10. The van der Waals surface area contributed by atoms with E-state index in [4.69, 9.17) is 4.74 Å². The van der Waals surface area contributed by atoms with Gasteiger partial charge < -0.3 is 9.64 Å². The third kappa shape index (κ3) is 4.17. The average Bonchev–Trinajstić information content (AvgIpc) is 2.99. The third-order valence-corrected chi connectivity index (χ3v) is 7.27. The Morgan fingerprint density at radius 2 is 1.81 bits per heavy atom. The van der Waals surface area contributed by atoms with Crippen LogP contribution in [0.1, 0.15) is 11.8 Å². The van der Waals surface area contributed by atoms with E-state index in [1.165, 1.54) is 36.2 Å². The van der Waals surface area contributed by atoms with Crippen LogP contribution in [-0.4, -0.2) is 31.6 Å². The molecule has 1 unspecified atom stereocenters. The molecule has 1 aliphatic heterocycles. The van der Waals surface area contributed by atoms with Gasteiger partial charge >= 0.3 is 0 Å². The molecule has 140 valence electrons. The van der Waals surface area contributed by atoms with Gasteiger partial charge in [-0.1, -0.05) is 52.0 Å². The monoisotopic (exact) mass is 459 g/mol. The maximum Gasteiger partial charge on any atom is 0.0814 e. The van der Waals surface area contributed by atoms with Crippen molar-refractivity contribution in [1.82, 2.24) is 4.90 Å². The zero-order chi connectivity index (χ0) is 19.0. The highest BCUT2D eigenvalue weighted by Crippen LogP contribution is 2.51. The molecule has 1 atom stereocenters. The molecule has 4 rings (SSSR count). The largest absolute Gasteiger partial charge is 0.372 e. The summed E-state index contributed by atoms with van der Waals surface area (Å²) < 4.78 is 7.22. The predicted octanol–water partition coefficient (Wildman–Crippen LogP) is 6.78. The molecule has 1 aromatic heterocycles. The Morgan fingerprint density at radius 1 is 1.00 bits per heavy atom. The van der Waals surface area contributed by atoms with Crippen LogP contribution in [0.4, 0.5) is 0 Å². The van der Waals surface area contributed by atoms with Crippen molar-refractivity contribution < 1.29 is 4.74 Å². The lowest BCUT2D eigenvalue weighted by Gasteiger charge is -2.17. The molecular weight excluding hydrogens is 438 g/mol. The molecule has 0 fully saturated rings. The minimum absolute atomic E-state index is 0.216. The van der Waals surface area contributed by atoms with Crippen molar-refractivity contribution in [3.05, 3.63) is 57.9 Å². The standard InChI is InChI=1S/C22H22BrNOS2/c1-14(12-24(2)3)25-13-16-11-19-17-6-4-5-7-20(17)27-21-10-15(23)8-9-18(21)22(19)26-16/h4-11,14H,12-13H2,1-3H3. The van der Waals surface area contributed by atoms with Crippen molar-refractivity contribution >= 4 is 39.0 Å². The summed E-state index contributed by atoms with van der Waals surface area (Å²) >= 11 is 7.33. The molecule has 0 spiro atoms. The van der Waals surface area contributed by atoms with Crippen molar-refractivity contribution in [1.29, 1.82) is 0 Å². The summed E-state index contributed by atoms with van der Waals surface area (Å²) in [6.45, 7) is 3.73. The highest BCUT2D eigenvalue weighted by atomic mass is 79.9. The van der Waals surface area contributed by atoms with Gasteiger partial charge in [-0.2, -0.15) is 0 Å². The van der Waals surface area contributed by atoms with Gasteiger partial charge in [0.15, 0.2) is 0 Å². The number of ether oxygens (including phenoxy) is 1. The summed E-state index contributed by atoms with van der Waals surface area (Å²) in [4.78, 5) is 7.39. The van der Waals surface area contributed by atoms with Gasteiger partial charge in [0.25, 0.3) is 0 Å². The number of thiophene rings is 1. The number of nitrogens with zero attached hydrogens (tertiary/aromatic N) is 1. The van der Waals surface area contributed by atoms with Gasteiger partial charge in [-0.3, -0.25) is 0 Å². The Morgan fingerprint density at radius 3 is 2.63 bits per heavy atom. The van der Waals surface area contributed by atoms with Gasteiger partial charge in [-0.05, 0) is 50.8 Å². The number of hydrogen-bond acceptors (Lipinski definition) is 4. The minimum Gasteiger partial charge on any atom is -0.372 e. The van der Waals surface area contributed by atoms with Gasteiger partial charge in [-0.15, -0.1) is 11.3 Å². The summed E-state index contributed by atoms with van der Waals surface area (Å²) in [5, 5.41) is 0. The van der Waals surface area contributed by atoms with Gasteiger partial charge in [0.05, 0.1) is 12.7 Å². The fourth-order valence-electron chi connectivity index (χ4n) is 3.37. The van der Waals surface area contributed by atoms with Crippen LogP contribution >= 0.6 is 39.0 Å². The lowest BCUT2D eigenvalue weighted by Crippen LogP contribution is -2.25. The Bertz CT molecular complexity index is 967.